The van der Waals surface area contributed by atoms with Gasteiger partial charge in [-0.2, -0.15) is 0 Å². The number of aryl methyl sites for hydroxylation is 1. The molecule has 184 valence electrons. The lowest BCUT2D eigenvalue weighted by molar-refractivity contribution is 0.0343. The van der Waals surface area contributed by atoms with Gasteiger partial charge in [-0.3, -0.25) is 0 Å². The van der Waals surface area contributed by atoms with Crippen LogP contribution in [-0.2, 0) is 9.31 Å². The number of rotatable bonds is 8. The van der Waals surface area contributed by atoms with Crippen LogP contribution >= 0.6 is 0 Å². The van der Waals surface area contributed by atoms with Gasteiger partial charge in [0.15, 0.2) is 0 Å². The molecule has 0 spiro atoms. The summed E-state index contributed by atoms with van der Waals surface area (Å²) >= 11 is 0. The Morgan fingerprint density at radius 1 is 0.971 bits per heavy atom. The number of nitrogens with zero attached hydrogens (tertiary/aromatic N) is 1. The molecular weight excluding hydrogens is 425 g/mol. The molecule has 1 aliphatic rings. The van der Waals surface area contributed by atoms with Crippen molar-refractivity contribution in [3.05, 3.63) is 48.0 Å². The first-order valence-corrected chi connectivity index (χ1v) is 12.3. The molecule has 1 heterocycles. The Hall–Kier alpha value is -2.51. The molecule has 6 nitrogen and oxygen atoms in total. The highest BCUT2D eigenvalue weighted by molar-refractivity contribution is 6.61. The van der Waals surface area contributed by atoms with E-state index in [1.54, 1.807) is 0 Å². The second-order valence-electron chi connectivity index (χ2n) is 11.0. The maximum absolute atomic E-state index is 13.0. The topological polar surface area (TPSA) is 62.8 Å². The fourth-order valence-corrected chi connectivity index (χ4v) is 4.04. The summed E-state index contributed by atoms with van der Waals surface area (Å²) in [5.74, 6) is 0.972. The summed E-state index contributed by atoms with van der Waals surface area (Å²) in [6.45, 7) is 18.2. The lowest BCUT2D eigenvalue weighted by Gasteiger charge is -2.34. The zero-order valence-electron chi connectivity index (χ0n) is 21.8. The van der Waals surface area contributed by atoms with Gasteiger partial charge in [-0.1, -0.05) is 65.3 Å². The van der Waals surface area contributed by atoms with E-state index in [2.05, 4.69) is 69.2 Å². The van der Waals surface area contributed by atoms with E-state index in [0.717, 1.165) is 41.2 Å². The summed E-state index contributed by atoms with van der Waals surface area (Å²) in [5.41, 5.74) is 4.55. The summed E-state index contributed by atoms with van der Waals surface area (Å²) in [4.78, 5) is 15.3. The molecule has 3 rings (SSSR count). The van der Waals surface area contributed by atoms with Gasteiger partial charge in [0.05, 0.1) is 11.4 Å². The number of amides is 2. The van der Waals surface area contributed by atoms with Crippen molar-refractivity contribution in [3.8, 4) is 0 Å². The molecule has 2 amide bonds. The van der Waals surface area contributed by atoms with E-state index in [1.807, 2.05) is 37.3 Å². The van der Waals surface area contributed by atoms with E-state index in [4.69, 9.17) is 9.31 Å². The molecule has 0 aromatic heterocycles. The molecule has 0 aliphatic carbocycles. The number of anilines is 3. The lowest BCUT2D eigenvalue weighted by atomic mass is 9.75. The second-order valence-corrected chi connectivity index (χ2v) is 11.0. The first-order valence-electron chi connectivity index (χ1n) is 12.3. The van der Waals surface area contributed by atoms with Gasteiger partial charge in [-0.05, 0) is 48.5 Å². The van der Waals surface area contributed by atoms with Crippen molar-refractivity contribution >= 4 is 35.7 Å². The number of nitrogens with one attached hydrogen (secondary N) is 2. The van der Waals surface area contributed by atoms with E-state index < -0.39 is 7.12 Å². The van der Waals surface area contributed by atoms with Crippen molar-refractivity contribution in [2.45, 2.75) is 48.5 Å². The molecule has 34 heavy (non-hydrogen) atoms. The molecule has 1 saturated heterocycles. The van der Waals surface area contributed by atoms with Gasteiger partial charge in [0.25, 0.3) is 0 Å². The maximum atomic E-state index is 13.0. The van der Waals surface area contributed by atoms with Crippen LogP contribution in [0.15, 0.2) is 42.5 Å². The Morgan fingerprint density at radius 2 is 1.56 bits per heavy atom. The molecule has 0 unspecified atom stereocenters. The second kappa shape index (κ2) is 11.3. The normalized spacial score (nSPS) is 15.5. The number of carbonyl (C=O) groups is 1. The fourth-order valence-electron chi connectivity index (χ4n) is 4.04. The van der Waals surface area contributed by atoms with Gasteiger partial charge in [0, 0.05) is 37.4 Å². The monoisotopic (exact) mass is 465 g/mol. The summed E-state index contributed by atoms with van der Waals surface area (Å²) in [6, 6.07) is 13.6. The van der Waals surface area contributed by atoms with E-state index >= 15 is 0 Å². The SMILES string of the molecule is Cc1ccc(NC(=O)Nc2cc(B3OCC(C)(C)CO3)ccc2N(CC(C)C)CC(C)C)cc1. The third-order valence-corrected chi connectivity index (χ3v) is 5.61. The summed E-state index contributed by atoms with van der Waals surface area (Å²) < 4.78 is 12.0. The first-order chi connectivity index (χ1) is 16.0. The Morgan fingerprint density at radius 3 is 2.12 bits per heavy atom. The summed E-state index contributed by atoms with van der Waals surface area (Å²) in [5, 5.41) is 6.04. The fraction of sp³-hybridized carbons (Fsp3) is 0.519. The van der Waals surface area contributed by atoms with Crippen LogP contribution in [-0.4, -0.2) is 39.5 Å². The molecule has 2 N–H and O–H groups in total. The third-order valence-electron chi connectivity index (χ3n) is 5.61. The summed E-state index contributed by atoms with van der Waals surface area (Å²) in [6.07, 6.45) is 0. The van der Waals surface area contributed by atoms with Crippen molar-refractivity contribution < 1.29 is 14.1 Å². The number of hydrogen-bond donors (Lipinski definition) is 2. The molecule has 0 saturated carbocycles. The van der Waals surface area contributed by atoms with Gasteiger partial charge < -0.3 is 24.8 Å². The molecule has 0 bridgehead atoms. The Bertz CT molecular complexity index is 940. The molecule has 0 atom stereocenters. The minimum absolute atomic E-state index is 0.00320. The van der Waals surface area contributed by atoms with Gasteiger partial charge in [0.1, 0.15) is 0 Å². The summed E-state index contributed by atoms with van der Waals surface area (Å²) in [7, 11) is -0.438. The molecule has 0 radical (unpaired) electrons. The van der Waals surface area contributed by atoms with E-state index in [9.17, 15) is 4.79 Å². The van der Waals surface area contributed by atoms with Crippen LogP contribution in [0.4, 0.5) is 21.9 Å². The van der Waals surface area contributed by atoms with E-state index in [1.165, 1.54) is 0 Å². The average Bonchev–Trinajstić information content (AvgIpc) is 2.74. The largest absolute Gasteiger partial charge is 0.493 e. The number of urea groups is 1. The highest BCUT2D eigenvalue weighted by atomic mass is 16.6. The van der Waals surface area contributed by atoms with Gasteiger partial charge >= 0.3 is 13.1 Å². The van der Waals surface area contributed by atoms with Crippen LogP contribution in [0.5, 0.6) is 0 Å². The minimum atomic E-state index is -0.438. The lowest BCUT2D eigenvalue weighted by Crippen LogP contribution is -2.47. The number of benzene rings is 2. The van der Waals surface area contributed by atoms with Crippen molar-refractivity contribution in [1.82, 2.24) is 0 Å². The highest BCUT2D eigenvalue weighted by Gasteiger charge is 2.34. The first kappa shape index (κ1) is 26.1. The number of carbonyl (C=O) groups excluding carboxylic acids is 1. The van der Waals surface area contributed by atoms with Crippen molar-refractivity contribution in [2.24, 2.45) is 17.3 Å². The Balaban J connectivity index is 1.89. The zero-order chi connectivity index (χ0) is 24.9. The van der Waals surface area contributed by atoms with Gasteiger partial charge in [0.2, 0.25) is 0 Å². The van der Waals surface area contributed by atoms with Crippen LogP contribution in [0.1, 0.15) is 47.1 Å². The third kappa shape index (κ3) is 7.50. The van der Waals surface area contributed by atoms with Gasteiger partial charge in [-0.25, -0.2) is 4.79 Å². The van der Waals surface area contributed by atoms with Crippen LogP contribution in [0.3, 0.4) is 0 Å². The van der Waals surface area contributed by atoms with Crippen LogP contribution in [0.25, 0.3) is 0 Å². The predicted molar refractivity (Wildman–Crippen MR) is 143 cm³/mol. The number of hydrogen-bond acceptors (Lipinski definition) is 4. The van der Waals surface area contributed by atoms with Crippen molar-refractivity contribution in [1.29, 1.82) is 0 Å². The molecule has 1 fully saturated rings. The Kier molecular flexibility index (Phi) is 8.66. The molecule has 1 aliphatic heterocycles. The van der Waals surface area contributed by atoms with E-state index in [-0.39, 0.29) is 11.4 Å². The van der Waals surface area contributed by atoms with Crippen LogP contribution < -0.4 is 21.0 Å². The molecule has 2 aromatic rings. The van der Waals surface area contributed by atoms with Crippen molar-refractivity contribution in [2.75, 3.05) is 41.8 Å². The standard InChI is InChI=1S/C27H40BN3O3/c1-19(2)15-31(16-20(3)4)25-13-10-22(28-33-17-27(6,7)18-34-28)14-24(25)30-26(32)29-23-11-8-21(5)9-12-23/h8-14,19-20H,15-18H2,1-7H3,(H2,29,30,32). The highest BCUT2D eigenvalue weighted by Crippen LogP contribution is 2.28. The average molecular weight is 465 g/mol. The van der Waals surface area contributed by atoms with Crippen LogP contribution in [0, 0.1) is 24.2 Å². The molecular formula is C27H40BN3O3. The Labute approximate surface area is 205 Å². The van der Waals surface area contributed by atoms with E-state index in [0.29, 0.717) is 25.0 Å². The van der Waals surface area contributed by atoms with Gasteiger partial charge in [-0.15, -0.1) is 0 Å². The molecule has 7 heteroatoms. The minimum Gasteiger partial charge on any atom is -0.407 e. The predicted octanol–water partition coefficient (Wildman–Crippen LogP) is 5.53. The maximum Gasteiger partial charge on any atom is 0.493 e. The smallest absolute Gasteiger partial charge is 0.407 e. The zero-order valence-corrected chi connectivity index (χ0v) is 21.8. The van der Waals surface area contributed by atoms with Crippen molar-refractivity contribution in [3.63, 3.8) is 0 Å². The van der Waals surface area contributed by atoms with Crippen LogP contribution in [0.2, 0.25) is 0 Å². The quantitative estimate of drug-likeness (QED) is 0.504. The molecule has 2 aromatic carbocycles.